The number of amides is 4. The lowest BCUT2D eigenvalue weighted by Gasteiger charge is -2.26. The second-order valence-corrected chi connectivity index (χ2v) is 6.94. The summed E-state index contributed by atoms with van der Waals surface area (Å²) >= 11 is 0. The monoisotopic (exact) mass is 379 g/mol. The summed E-state index contributed by atoms with van der Waals surface area (Å²) in [4.78, 5) is 39.2. The van der Waals surface area contributed by atoms with Crippen LogP contribution in [0.4, 0.5) is 10.5 Å². The third-order valence-electron chi connectivity index (χ3n) is 4.99. The van der Waals surface area contributed by atoms with Crippen molar-refractivity contribution in [3.05, 3.63) is 65.7 Å². The van der Waals surface area contributed by atoms with Gasteiger partial charge in [-0.2, -0.15) is 0 Å². The van der Waals surface area contributed by atoms with Crippen LogP contribution in [-0.2, 0) is 21.5 Å². The van der Waals surface area contributed by atoms with Crippen molar-refractivity contribution in [3.63, 3.8) is 0 Å². The van der Waals surface area contributed by atoms with Crippen LogP contribution < -0.4 is 10.6 Å². The van der Waals surface area contributed by atoms with Gasteiger partial charge in [0.15, 0.2) is 0 Å². The Labute approximate surface area is 164 Å². The van der Waals surface area contributed by atoms with Crippen molar-refractivity contribution in [2.24, 2.45) is 0 Å². The van der Waals surface area contributed by atoms with E-state index in [9.17, 15) is 14.4 Å². The highest BCUT2D eigenvalue weighted by atomic mass is 16.2. The number of anilines is 1. The number of rotatable bonds is 7. The first kappa shape index (κ1) is 19.6. The first-order chi connectivity index (χ1) is 13.5. The maximum atomic E-state index is 13.2. The van der Waals surface area contributed by atoms with Crippen LogP contribution in [0.3, 0.4) is 0 Å². The van der Waals surface area contributed by atoms with Crippen molar-refractivity contribution in [3.8, 4) is 0 Å². The maximum Gasteiger partial charge on any atom is 0.325 e. The van der Waals surface area contributed by atoms with Gasteiger partial charge in [0.05, 0.1) is 0 Å². The molecule has 1 aliphatic heterocycles. The van der Waals surface area contributed by atoms with Gasteiger partial charge in [0.25, 0.3) is 5.91 Å². The van der Waals surface area contributed by atoms with Gasteiger partial charge in [-0.1, -0.05) is 62.7 Å². The highest BCUT2D eigenvalue weighted by Gasteiger charge is 2.52. The first-order valence-corrected chi connectivity index (χ1v) is 9.58. The smallest absolute Gasteiger partial charge is 0.325 e. The van der Waals surface area contributed by atoms with E-state index in [1.807, 2.05) is 62.4 Å². The molecule has 0 radical (unpaired) electrons. The molecular weight excluding hydrogens is 354 g/mol. The van der Waals surface area contributed by atoms with Crippen molar-refractivity contribution in [2.75, 3.05) is 11.9 Å². The third-order valence-corrected chi connectivity index (χ3v) is 4.99. The fraction of sp³-hybridized carbons (Fsp3) is 0.318. The molecule has 28 heavy (non-hydrogen) atoms. The van der Waals surface area contributed by atoms with Crippen LogP contribution in [-0.4, -0.2) is 29.3 Å². The van der Waals surface area contributed by atoms with E-state index in [0.29, 0.717) is 18.5 Å². The Bertz CT molecular complexity index is 882. The van der Waals surface area contributed by atoms with E-state index in [2.05, 4.69) is 10.6 Å². The van der Waals surface area contributed by atoms with Crippen LogP contribution in [0.25, 0.3) is 0 Å². The van der Waals surface area contributed by atoms with E-state index in [-0.39, 0.29) is 12.5 Å². The Kier molecular flexibility index (Phi) is 5.78. The normalized spacial score (nSPS) is 18.9. The molecule has 1 fully saturated rings. The van der Waals surface area contributed by atoms with Crippen molar-refractivity contribution in [2.45, 2.75) is 38.6 Å². The SMILES string of the molecule is CCC[C@]1(c2ccccc2)NC(=O)N(CC(=O)Nc2cccc(CC)c2)C1=O. The fourth-order valence-corrected chi connectivity index (χ4v) is 3.59. The number of hydrogen-bond donors (Lipinski definition) is 2. The predicted molar refractivity (Wildman–Crippen MR) is 108 cm³/mol. The molecule has 3 rings (SSSR count). The molecule has 2 aromatic carbocycles. The molecule has 1 saturated heterocycles. The molecule has 6 nitrogen and oxygen atoms in total. The zero-order valence-electron chi connectivity index (χ0n) is 16.2. The molecule has 1 atom stereocenters. The Morgan fingerprint density at radius 3 is 2.50 bits per heavy atom. The van der Waals surface area contributed by atoms with Gasteiger partial charge in [-0.15, -0.1) is 0 Å². The van der Waals surface area contributed by atoms with Crippen LogP contribution >= 0.6 is 0 Å². The molecule has 1 aliphatic rings. The summed E-state index contributed by atoms with van der Waals surface area (Å²) in [7, 11) is 0. The molecule has 0 spiro atoms. The minimum atomic E-state index is -1.12. The molecule has 0 bridgehead atoms. The second kappa shape index (κ2) is 8.25. The van der Waals surface area contributed by atoms with Gasteiger partial charge in [-0.05, 0) is 36.1 Å². The quantitative estimate of drug-likeness (QED) is 0.724. The molecular formula is C22H25N3O3. The third kappa shape index (κ3) is 3.76. The molecule has 146 valence electrons. The van der Waals surface area contributed by atoms with E-state index in [1.165, 1.54) is 0 Å². The van der Waals surface area contributed by atoms with Gasteiger partial charge in [-0.25, -0.2) is 4.79 Å². The van der Waals surface area contributed by atoms with Crippen LogP contribution in [0, 0.1) is 0 Å². The average molecular weight is 379 g/mol. The standard InChI is InChI=1S/C22H25N3O3/c1-3-13-22(17-10-6-5-7-11-17)20(27)25(21(28)24-22)15-19(26)23-18-12-8-9-16(4-2)14-18/h5-12,14H,3-4,13,15H2,1-2H3,(H,23,26)(H,24,28)/t22-/m1/s1. The zero-order chi connectivity index (χ0) is 20.1. The Morgan fingerprint density at radius 2 is 1.82 bits per heavy atom. The minimum Gasteiger partial charge on any atom is -0.325 e. The highest BCUT2D eigenvalue weighted by molar-refractivity contribution is 6.10. The van der Waals surface area contributed by atoms with Gasteiger partial charge >= 0.3 is 6.03 Å². The van der Waals surface area contributed by atoms with Crippen LogP contribution in [0.2, 0.25) is 0 Å². The predicted octanol–water partition coefficient (Wildman–Crippen LogP) is 3.43. The number of benzene rings is 2. The molecule has 0 aromatic heterocycles. The maximum absolute atomic E-state index is 13.2. The summed E-state index contributed by atoms with van der Waals surface area (Å²) in [5, 5.41) is 5.60. The Balaban J connectivity index is 1.78. The van der Waals surface area contributed by atoms with Gasteiger partial charge < -0.3 is 10.6 Å². The number of nitrogens with one attached hydrogen (secondary N) is 2. The summed E-state index contributed by atoms with van der Waals surface area (Å²) in [5.41, 5.74) is 1.36. The average Bonchev–Trinajstić information content (AvgIpc) is 2.94. The Morgan fingerprint density at radius 1 is 1.07 bits per heavy atom. The zero-order valence-corrected chi connectivity index (χ0v) is 16.2. The molecule has 0 aliphatic carbocycles. The molecule has 4 amide bonds. The van der Waals surface area contributed by atoms with E-state index in [1.54, 1.807) is 6.07 Å². The van der Waals surface area contributed by atoms with Gasteiger partial charge in [-0.3, -0.25) is 14.5 Å². The number of carbonyl (C=O) groups excluding carboxylic acids is 3. The number of urea groups is 1. The lowest BCUT2D eigenvalue weighted by atomic mass is 9.85. The molecule has 0 saturated carbocycles. The topological polar surface area (TPSA) is 78.5 Å². The lowest BCUT2D eigenvalue weighted by molar-refractivity contribution is -0.134. The largest absolute Gasteiger partial charge is 0.325 e. The summed E-state index contributed by atoms with van der Waals surface area (Å²) < 4.78 is 0. The summed E-state index contributed by atoms with van der Waals surface area (Å²) in [5.74, 6) is -0.792. The first-order valence-electron chi connectivity index (χ1n) is 9.58. The summed E-state index contributed by atoms with van der Waals surface area (Å²) in [6.07, 6.45) is 2.04. The number of carbonyl (C=O) groups is 3. The van der Waals surface area contributed by atoms with Crippen molar-refractivity contribution in [1.82, 2.24) is 10.2 Å². The number of aryl methyl sites for hydroxylation is 1. The van der Waals surface area contributed by atoms with Crippen molar-refractivity contribution >= 4 is 23.5 Å². The molecule has 2 N–H and O–H groups in total. The second-order valence-electron chi connectivity index (χ2n) is 6.94. The molecule has 1 heterocycles. The van der Waals surface area contributed by atoms with Gasteiger partial charge in [0.2, 0.25) is 5.91 Å². The van der Waals surface area contributed by atoms with Crippen molar-refractivity contribution in [1.29, 1.82) is 0 Å². The lowest BCUT2D eigenvalue weighted by Crippen LogP contribution is -2.44. The minimum absolute atomic E-state index is 0.320. The van der Waals surface area contributed by atoms with E-state index in [0.717, 1.165) is 22.4 Å². The number of nitrogens with zero attached hydrogens (tertiary/aromatic N) is 1. The van der Waals surface area contributed by atoms with E-state index in [4.69, 9.17) is 0 Å². The highest BCUT2D eigenvalue weighted by Crippen LogP contribution is 2.33. The van der Waals surface area contributed by atoms with Gasteiger partial charge in [0, 0.05) is 5.69 Å². The summed E-state index contributed by atoms with van der Waals surface area (Å²) in [6, 6.07) is 16.2. The molecule has 0 unspecified atom stereocenters. The molecule has 6 heteroatoms. The van der Waals surface area contributed by atoms with Crippen LogP contribution in [0.15, 0.2) is 54.6 Å². The van der Waals surface area contributed by atoms with E-state index >= 15 is 0 Å². The summed E-state index contributed by atoms with van der Waals surface area (Å²) in [6.45, 7) is 3.67. The Hall–Kier alpha value is -3.15. The van der Waals surface area contributed by atoms with E-state index < -0.39 is 17.5 Å². The van der Waals surface area contributed by atoms with Crippen molar-refractivity contribution < 1.29 is 14.4 Å². The molecule has 2 aromatic rings. The number of hydrogen-bond acceptors (Lipinski definition) is 3. The fourth-order valence-electron chi connectivity index (χ4n) is 3.59. The van der Waals surface area contributed by atoms with Crippen LogP contribution in [0.1, 0.15) is 37.8 Å². The van der Waals surface area contributed by atoms with Crippen LogP contribution in [0.5, 0.6) is 0 Å². The number of imide groups is 1. The van der Waals surface area contributed by atoms with Gasteiger partial charge in [0.1, 0.15) is 12.1 Å².